The van der Waals surface area contributed by atoms with Gasteiger partial charge in [-0.25, -0.2) is 0 Å². The van der Waals surface area contributed by atoms with Crippen molar-refractivity contribution in [2.45, 2.75) is 32.2 Å². The third-order valence-corrected chi connectivity index (χ3v) is 6.42. The molecule has 3 rings (SSSR count). The van der Waals surface area contributed by atoms with Crippen LogP contribution in [0.3, 0.4) is 0 Å². The molecule has 1 aromatic rings. The third-order valence-electron chi connectivity index (χ3n) is 5.88. The minimum Gasteiger partial charge on any atom is -0.342 e. The fourth-order valence-electron chi connectivity index (χ4n) is 4.22. The Hall–Kier alpha value is -1.53. The van der Waals surface area contributed by atoms with Gasteiger partial charge in [0.05, 0.1) is 5.75 Å². The van der Waals surface area contributed by atoms with Gasteiger partial charge in [-0.05, 0) is 37.0 Å². The van der Waals surface area contributed by atoms with E-state index in [9.17, 15) is 9.59 Å². The molecule has 6 heteroatoms. The Morgan fingerprint density at radius 3 is 2.46 bits per heavy atom. The van der Waals surface area contributed by atoms with Gasteiger partial charge in [0.1, 0.15) is 0 Å². The topological polar surface area (TPSA) is 43.9 Å². The summed E-state index contributed by atoms with van der Waals surface area (Å²) in [5.41, 5.74) is 1.33. The number of nitrogens with zero attached hydrogens (tertiary/aromatic N) is 3. The van der Waals surface area contributed by atoms with E-state index >= 15 is 0 Å². The molecule has 0 radical (unpaired) electrons. The van der Waals surface area contributed by atoms with Gasteiger partial charge in [0, 0.05) is 52.2 Å². The number of hydrogen-bond donors (Lipinski definition) is 0. The van der Waals surface area contributed by atoms with Crippen LogP contribution in [-0.2, 0) is 16.1 Å². The number of amides is 2. The van der Waals surface area contributed by atoms with E-state index < -0.39 is 0 Å². The summed E-state index contributed by atoms with van der Waals surface area (Å²) in [6.07, 6.45) is 5.70. The highest BCUT2D eigenvalue weighted by Crippen LogP contribution is 2.22. The first kappa shape index (κ1) is 21.2. The lowest BCUT2D eigenvalue weighted by molar-refractivity contribution is -0.133. The van der Waals surface area contributed by atoms with Crippen LogP contribution in [0.1, 0.15) is 31.2 Å². The summed E-state index contributed by atoms with van der Waals surface area (Å²) in [4.78, 5) is 31.2. The number of benzene rings is 1. The Morgan fingerprint density at radius 2 is 1.75 bits per heavy atom. The van der Waals surface area contributed by atoms with Gasteiger partial charge in [-0.1, -0.05) is 30.3 Å². The van der Waals surface area contributed by atoms with Crippen LogP contribution in [0.5, 0.6) is 0 Å². The molecule has 2 amide bonds. The molecular formula is C22H33N3O2S. The van der Waals surface area contributed by atoms with Gasteiger partial charge in [0.2, 0.25) is 11.8 Å². The van der Waals surface area contributed by atoms with Crippen molar-refractivity contribution in [1.29, 1.82) is 0 Å². The number of hydrogen-bond acceptors (Lipinski definition) is 4. The maximum Gasteiger partial charge on any atom is 0.232 e. The summed E-state index contributed by atoms with van der Waals surface area (Å²) in [6, 6.07) is 10.5. The molecule has 2 fully saturated rings. The lowest BCUT2D eigenvalue weighted by Crippen LogP contribution is -2.48. The van der Waals surface area contributed by atoms with Crippen LogP contribution in [0.2, 0.25) is 0 Å². The molecule has 5 nitrogen and oxygen atoms in total. The van der Waals surface area contributed by atoms with Crippen molar-refractivity contribution in [3.63, 3.8) is 0 Å². The molecular weight excluding hydrogens is 370 g/mol. The first-order chi connectivity index (χ1) is 13.7. The summed E-state index contributed by atoms with van der Waals surface area (Å²) in [6.45, 7) is 6.22. The largest absolute Gasteiger partial charge is 0.342 e. The molecule has 154 valence electrons. The SMILES string of the molecule is CSCC(=O)N1CCCC(CCC(=O)N2CCN(Cc3ccccc3)CC2)C1. The van der Waals surface area contributed by atoms with Crippen LogP contribution < -0.4 is 0 Å². The van der Waals surface area contributed by atoms with E-state index in [-0.39, 0.29) is 11.8 Å². The van der Waals surface area contributed by atoms with Gasteiger partial charge >= 0.3 is 0 Å². The molecule has 1 unspecified atom stereocenters. The van der Waals surface area contributed by atoms with Crippen molar-refractivity contribution in [1.82, 2.24) is 14.7 Å². The smallest absolute Gasteiger partial charge is 0.232 e. The summed E-state index contributed by atoms with van der Waals surface area (Å²) >= 11 is 1.59. The van der Waals surface area contributed by atoms with E-state index in [2.05, 4.69) is 29.2 Å². The summed E-state index contributed by atoms with van der Waals surface area (Å²) in [5, 5.41) is 0. The molecule has 1 aromatic carbocycles. The van der Waals surface area contributed by atoms with Crippen LogP contribution in [-0.4, -0.2) is 77.8 Å². The number of likely N-dealkylation sites (tertiary alicyclic amines) is 1. The Morgan fingerprint density at radius 1 is 1.00 bits per heavy atom. The number of thioether (sulfide) groups is 1. The molecule has 0 bridgehead atoms. The summed E-state index contributed by atoms with van der Waals surface area (Å²) in [7, 11) is 0. The van der Waals surface area contributed by atoms with Crippen LogP contribution in [0, 0.1) is 5.92 Å². The highest BCUT2D eigenvalue weighted by Gasteiger charge is 2.25. The predicted molar refractivity (Wildman–Crippen MR) is 115 cm³/mol. The standard InChI is InChI=1S/C22H33N3O2S/c1-28-18-22(27)25-11-5-8-20(17-25)9-10-21(26)24-14-12-23(13-15-24)16-19-6-3-2-4-7-19/h2-4,6-7,20H,5,8-18H2,1H3. The van der Waals surface area contributed by atoms with E-state index in [1.54, 1.807) is 11.8 Å². The number of carbonyl (C=O) groups excluding carboxylic acids is 2. The normalized spacial score (nSPS) is 21.0. The second-order valence-corrected chi connectivity index (χ2v) is 8.83. The van der Waals surface area contributed by atoms with Crippen molar-refractivity contribution < 1.29 is 9.59 Å². The minimum atomic E-state index is 0.248. The molecule has 28 heavy (non-hydrogen) atoms. The van der Waals surface area contributed by atoms with Crippen LogP contribution in [0.15, 0.2) is 30.3 Å². The van der Waals surface area contributed by atoms with Gasteiger partial charge < -0.3 is 9.80 Å². The Balaban J connectivity index is 1.37. The van der Waals surface area contributed by atoms with E-state index in [0.717, 1.165) is 65.1 Å². The Labute approximate surface area is 173 Å². The average molecular weight is 404 g/mol. The van der Waals surface area contributed by atoms with Gasteiger partial charge in [-0.2, -0.15) is 11.8 Å². The lowest BCUT2D eigenvalue weighted by atomic mass is 9.93. The van der Waals surface area contributed by atoms with E-state index in [1.807, 2.05) is 22.1 Å². The quantitative estimate of drug-likeness (QED) is 0.702. The minimum absolute atomic E-state index is 0.248. The van der Waals surface area contributed by atoms with E-state index in [4.69, 9.17) is 0 Å². The monoisotopic (exact) mass is 403 g/mol. The van der Waals surface area contributed by atoms with Gasteiger partial charge in [-0.15, -0.1) is 0 Å². The zero-order valence-electron chi connectivity index (χ0n) is 17.0. The Bertz CT molecular complexity index is 632. The zero-order valence-corrected chi connectivity index (χ0v) is 17.8. The molecule has 0 aromatic heterocycles. The maximum absolute atomic E-state index is 12.6. The van der Waals surface area contributed by atoms with Crippen LogP contribution in [0.25, 0.3) is 0 Å². The van der Waals surface area contributed by atoms with Crippen molar-refractivity contribution in [3.05, 3.63) is 35.9 Å². The van der Waals surface area contributed by atoms with Crippen molar-refractivity contribution in [3.8, 4) is 0 Å². The highest BCUT2D eigenvalue weighted by molar-refractivity contribution is 7.99. The zero-order chi connectivity index (χ0) is 19.8. The molecule has 0 N–H and O–H groups in total. The van der Waals surface area contributed by atoms with Crippen molar-refractivity contribution >= 4 is 23.6 Å². The molecule has 2 saturated heterocycles. The van der Waals surface area contributed by atoms with Crippen LogP contribution >= 0.6 is 11.8 Å². The highest BCUT2D eigenvalue weighted by atomic mass is 32.2. The van der Waals surface area contributed by atoms with Gasteiger partial charge in [-0.3, -0.25) is 14.5 Å². The van der Waals surface area contributed by atoms with Gasteiger partial charge in [0.15, 0.2) is 0 Å². The molecule has 2 aliphatic rings. The molecule has 0 saturated carbocycles. The summed E-state index contributed by atoms with van der Waals surface area (Å²) in [5.74, 6) is 1.58. The molecule has 2 aliphatic heterocycles. The number of piperidine rings is 1. The predicted octanol–water partition coefficient (Wildman–Crippen LogP) is 2.71. The fraction of sp³-hybridized carbons (Fsp3) is 0.636. The van der Waals surface area contributed by atoms with Crippen LogP contribution in [0.4, 0.5) is 0 Å². The second kappa shape index (κ2) is 10.9. The molecule has 2 heterocycles. The maximum atomic E-state index is 12.6. The van der Waals surface area contributed by atoms with E-state index in [1.165, 1.54) is 5.56 Å². The third kappa shape index (κ3) is 6.24. The average Bonchev–Trinajstić information content (AvgIpc) is 2.74. The molecule has 0 aliphatic carbocycles. The van der Waals surface area contributed by atoms with Gasteiger partial charge in [0.25, 0.3) is 0 Å². The lowest BCUT2D eigenvalue weighted by Gasteiger charge is -2.36. The van der Waals surface area contributed by atoms with Crippen molar-refractivity contribution in [2.24, 2.45) is 5.92 Å². The molecule has 1 atom stereocenters. The summed E-state index contributed by atoms with van der Waals surface area (Å²) < 4.78 is 0. The first-order valence-corrected chi connectivity index (χ1v) is 11.9. The number of carbonyl (C=O) groups is 2. The fourth-order valence-corrected chi connectivity index (χ4v) is 4.65. The number of rotatable bonds is 7. The van der Waals surface area contributed by atoms with Crippen molar-refractivity contribution in [2.75, 3.05) is 51.3 Å². The second-order valence-electron chi connectivity index (χ2n) is 7.96. The first-order valence-electron chi connectivity index (χ1n) is 10.5. The van der Waals surface area contributed by atoms with E-state index in [0.29, 0.717) is 18.1 Å². The molecule has 0 spiro atoms. The number of piperazine rings is 1. The Kier molecular flexibility index (Phi) is 8.22.